The number of aromatic nitrogens is 2. The molecule has 1 N–H and O–H groups in total. The van der Waals surface area contributed by atoms with Gasteiger partial charge in [0.2, 0.25) is 0 Å². The van der Waals surface area contributed by atoms with Crippen molar-refractivity contribution in [3.63, 3.8) is 0 Å². The Hall–Kier alpha value is -1.09. The van der Waals surface area contributed by atoms with Gasteiger partial charge in [-0.2, -0.15) is 5.10 Å². The molecule has 1 fully saturated rings. The van der Waals surface area contributed by atoms with Crippen LogP contribution in [0.4, 0.5) is 0 Å². The van der Waals surface area contributed by atoms with E-state index < -0.39 is 0 Å². The molecule has 1 atom stereocenters. The van der Waals surface area contributed by atoms with Crippen LogP contribution in [0, 0.1) is 0 Å². The number of rotatable bonds is 3. The SMILES string of the molecule is C=CCn1nccc1C1CCCCN1. The molecule has 0 spiro atoms. The van der Waals surface area contributed by atoms with E-state index in [-0.39, 0.29) is 0 Å². The molecule has 1 aliphatic rings. The van der Waals surface area contributed by atoms with Crippen molar-refractivity contribution in [2.24, 2.45) is 0 Å². The smallest absolute Gasteiger partial charge is 0.0591 e. The fraction of sp³-hybridized carbons (Fsp3) is 0.545. The Bertz CT molecular complexity index is 297. The zero-order chi connectivity index (χ0) is 9.80. The van der Waals surface area contributed by atoms with Gasteiger partial charge in [-0.3, -0.25) is 4.68 Å². The second-order valence-corrected chi connectivity index (χ2v) is 3.73. The molecular formula is C11H17N3. The van der Waals surface area contributed by atoms with Crippen molar-refractivity contribution < 1.29 is 0 Å². The van der Waals surface area contributed by atoms with Crippen LogP contribution in [0.3, 0.4) is 0 Å². The van der Waals surface area contributed by atoms with E-state index >= 15 is 0 Å². The summed E-state index contributed by atoms with van der Waals surface area (Å²) in [6.45, 7) is 5.68. The first kappa shape index (κ1) is 9.46. The van der Waals surface area contributed by atoms with E-state index in [0.29, 0.717) is 6.04 Å². The molecule has 1 aliphatic heterocycles. The van der Waals surface area contributed by atoms with Gasteiger partial charge in [0.15, 0.2) is 0 Å². The molecule has 0 amide bonds. The monoisotopic (exact) mass is 191 g/mol. The van der Waals surface area contributed by atoms with Gasteiger partial charge in [-0.25, -0.2) is 0 Å². The fourth-order valence-electron chi connectivity index (χ4n) is 2.02. The Morgan fingerprint density at radius 3 is 3.29 bits per heavy atom. The van der Waals surface area contributed by atoms with Gasteiger partial charge in [0.05, 0.1) is 12.2 Å². The van der Waals surface area contributed by atoms with E-state index in [4.69, 9.17) is 0 Å². The molecule has 0 aromatic carbocycles. The highest BCUT2D eigenvalue weighted by Gasteiger charge is 2.17. The zero-order valence-electron chi connectivity index (χ0n) is 8.45. The van der Waals surface area contributed by atoms with Crippen LogP contribution in [0.25, 0.3) is 0 Å². The van der Waals surface area contributed by atoms with Crippen LogP contribution in [0.5, 0.6) is 0 Å². The zero-order valence-corrected chi connectivity index (χ0v) is 8.45. The Balaban J connectivity index is 2.12. The number of nitrogens with zero attached hydrogens (tertiary/aromatic N) is 2. The van der Waals surface area contributed by atoms with E-state index in [0.717, 1.165) is 13.1 Å². The van der Waals surface area contributed by atoms with Gasteiger partial charge in [0.25, 0.3) is 0 Å². The second kappa shape index (κ2) is 4.42. The number of piperidine rings is 1. The molecular weight excluding hydrogens is 174 g/mol. The summed E-state index contributed by atoms with van der Waals surface area (Å²) in [5.74, 6) is 0. The molecule has 3 nitrogen and oxygen atoms in total. The predicted molar refractivity (Wildman–Crippen MR) is 57.0 cm³/mol. The Labute approximate surface area is 84.8 Å². The topological polar surface area (TPSA) is 29.9 Å². The van der Waals surface area contributed by atoms with Gasteiger partial charge in [0, 0.05) is 12.2 Å². The summed E-state index contributed by atoms with van der Waals surface area (Å²) < 4.78 is 2.02. The van der Waals surface area contributed by atoms with Gasteiger partial charge in [-0.05, 0) is 25.5 Å². The maximum atomic E-state index is 4.29. The Kier molecular flexibility index (Phi) is 2.99. The van der Waals surface area contributed by atoms with Gasteiger partial charge in [0.1, 0.15) is 0 Å². The van der Waals surface area contributed by atoms with E-state index in [1.165, 1.54) is 25.0 Å². The molecule has 0 radical (unpaired) electrons. The first-order valence-corrected chi connectivity index (χ1v) is 5.28. The third-order valence-electron chi connectivity index (χ3n) is 2.72. The number of hydrogen-bond acceptors (Lipinski definition) is 2. The summed E-state index contributed by atoms with van der Waals surface area (Å²) in [5, 5.41) is 7.81. The highest BCUT2D eigenvalue weighted by molar-refractivity contribution is 5.08. The highest BCUT2D eigenvalue weighted by Crippen LogP contribution is 2.22. The number of allylic oxidation sites excluding steroid dienone is 1. The molecule has 1 unspecified atom stereocenters. The maximum Gasteiger partial charge on any atom is 0.0591 e. The van der Waals surface area contributed by atoms with Crippen molar-refractivity contribution in [2.45, 2.75) is 31.8 Å². The van der Waals surface area contributed by atoms with E-state index in [9.17, 15) is 0 Å². The normalized spacial score (nSPS) is 22.1. The van der Waals surface area contributed by atoms with Crippen LogP contribution in [-0.2, 0) is 6.54 Å². The molecule has 0 saturated carbocycles. The van der Waals surface area contributed by atoms with Crippen LogP contribution < -0.4 is 5.32 Å². The average Bonchev–Trinajstić information content (AvgIpc) is 2.68. The molecule has 0 aliphatic carbocycles. The summed E-state index contributed by atoms with van der Waals surface area (Å²) in [4.78, 5) is 0. The van der Waals surface area contributed by atoms with Crippen molar-refractivity contribution in [3.8, 4) is 0 Å². The Morgan fingerprint density at radius 1 is 1.64 bits per heavy atom. The third-order valence-corrected chi connectivity index (χ3v) is 2.72. The molecule has 76 valence electrons. The van der Waals surface area contributed by atoms with Gasteiger partial charge >= 0.3 is 0 Å². The molecule has 14 heavy (non-hydrogen) atoms. The maximum absolute atomic E-state index is 4.29. The molecule has 1 aromatic rings. The lowest BCUT2D eigenvalue weighted by Crippen LogP contribution is -2.28. The Morgan fingerprint density at radius 2 is 2.57 bits per heavy atom. The van der Waals surface area contributed by atoms with E-state index in [1.54, 1.807) is 0 Å². The highest BCUT2D eigenvalue weighted by atomic mass is 15.3. The van der Waals surface area contributed by atoms with E-state index in [2.05, 4.69) is 23.1 Å². The predicted octanol–water partition coefficient (Wildman–Crippen LogP) is 1.88. The largest absolute Gasteiger partial charge is 0.309 e. The quantitative estimate of drug-likeness (QED) is 0.739. The van der Waals surface area contributed by atoms with Crippen LogP contribution in [0.15, 0.2) is 24.9 Å². The van der Waals surface area contributed by atoms with Gasteiger partial charge in [-0.15, -0.1) is 6.58 Å². The van der Waals surface area contributed by atoms with Crippen molar-refractivity contribution in [1.82, 2.24) is 15.1 Å². The van der Waals surface area contributed by atoms with Crippen molar-refractivity contribution in [1.29, 1.82) is 0 Å². The summed E-state index contributed by atoms with van der Waals surface area (Å²) in [7, 11) is 0. The van der Waals surface area contributed by atoms with E-state index in [1.807, 2.05) is 17.0 Å². The fourth-order valence-corrected chi connectivity index (χ4v) is 2.02. The van der Waals surface area contributed by atoms with Crippen LogP contribution in [-0.4, -0.2) is 16.3 Å². The van der Waals surface area contributed by atoms with Crippen LogP contribution >= 0.6 is 0 Å². The summed E-state index contributed by atoms with van der Waals surface area (Å²) in [5.41, 5.74) is 1.30. The molecule has 2 rings (SSSR count). The van der Waals surface area contributed by atoms with Crippen molar-refractivity contribution in [3.05, 3.63) is 30.6 Å². The lowest BCUT2D eigenvalue weighted by molar-refractivity contribution is 0.391. The average molecular weight is 191 g/mol. The summed E-state index contributed by atoms with van der Waals surface area (Å²) in [6, 6.07) is 2.60. The molecule has 3 heteroatoms. The molecule has 1 aromatic heterocycles. The minimum atomic E-state index is 0.492. The standard InChI is InChI=1S/C11H17N3/c1-2-9-14-11(6-8-13-14)10-5-3-4-7-12-10/h2,6,8,10,12H,1,3-5,7,9H2. The van der Waals surface area contributed by atoms with Crippen LogP contribution in [0.2, 0.25) is 0 Å². The van der Waals surface area contributed by atoms with Crippen molar-refractivity contribution >= 4 is 0 Å². The van der Waals surface area contributed by atoms with Gasteiger partial charge < -0.3 is 5.32 Å². The number of hydrogen-bond donors (Lipinski definition) is 1. The minimum absolute atomic E-state index is 0.492. The number of nitrogens with one attached hydrogen (secondary N) is 1. The lowest BCUT2D eigenvalue weighted by atomic mass is 10.0. The molecule has 1 saturated heterocycles. The lowest BCUT2D eigenvalue weighted by Gasteiger charge is -2.23. The van der Waals surface area contributed by atoms with Crippen molar-refractivity contribution in [2.75, 3.05) is 6.54 Å². The van der Waals surface area contributed by atoms with Crippen LogP contribution in [0.1, 0.15) is 31.0 Å². The molecule has 2 heterocycles. The minimum Gasteiger partial charge on any atom is -0.309 e. The third kappa shape index (κ3) is 1.87. The van der Waals surface area contributed by atoms with Gasteiger partial charge in [-0.1, -0.05) is 12.5 Å². The molecule has 0 bridgehead atoms. The first-order valence-electron chi connectivity index (χ1n) is 5.28. The summed E-state index contributed by atoms with van der Waals surface area (Å²) >= 11 is 0. The summed E-state index contributed by atoms with van der Waals surface area (Å²) in [6.07, 6.45) is 7.60. The first-order chi connectivity index (χ1) is 6.92. The second-order valence-electron chi connectivity index (χ2n) is 3.73.